The first-order valence-electron chi connectivity index (χ1n) is 4.88. The predicted molar refractivity (Wildman–Crippen MR) is 48.1 cm³/mol. The molecule has 2 aliphatic rings. The Balaban J connectivity index is 2.40. The number of carbonyl (C=O) groups is 2. The maximum Gasteiger partial charge on any atom is 0.236 e. The van der Waals surface area contributed by atoms with Crippen LogP contribution >= 0.6 is 0 Å². The fraction of sp³-hybridized carbons (Fsp3) is 0.800. The molecular formula is C10H15NO2. The third kappa shape index (κ3) is 0.901. The van der Waals surface area contributed by atoms with Crippen molar-refractivity contribution in [3.05, 3.63) is 0 Å². The average molecular weight is 181 g/mol. The van der Waals surface area contributed by atoms with Gasteiger partial charge in [0.1, 0.15) is 11.2 Å². The highest BCUT2D eigenvalue weighted by molar-refractivity contribution is 6.08. The molecule has 13 heavy (non-hydrogen) atoms. The van der Waals surface area contributed by atoms with Crippen molar-refractivity contribution in [2.24, 2.45) is 11.3 Å². The van der Waals surface area contributed by atoms with Crippen LogP contribution in [0.25, 0.3) is 0 Å². The standard InChI is InChI=1S/C10H15NO2/c1-7-6-11(2)9(13)10(7)5-3-4-8(10)12/h7H,3-6H2,1-2H3/t7-,10+/m0/s1. The van der Waals surface area contributed by atoms with Gasteiger partial charge in [0.15, 0.2) is 0 Å². The van der Waals surface area contributed by atoms with E-state index in [1.807, 2.05) is 6.92 Å². The lowest BCUT2D eigenvalue weighted by molar-refractivity contribution is -0.142. The first kappa shape index (κ1) is 8.73. The van der Waals surface area contributed by atoms with Crippen LogP contribution in [0.2, 0.25) is 0 Å². The van der Waals surface area contributed by atoms with Crippen LogP contribution in [0.3, 0.4) is 0 Å². The summed E-state index contributed by atoms with van der Waals surface area (Å²) in [7, 11) is 1.79. The summed E-state index contributed by atoms with van der Waals surface area (Å²) >= 11 is 0. The molecular weight excluding hydrogens is 166 g/mol. The smallest absolute Gasteiger partial charge is 0.236 e. The Hall–Kier alpha value is -0.860. The van der Waals surface area contributed by atoms with Crippen LogP contribution in [0.15, 0.2) is 0 Å². The Morgan fingerprint density at radius 2 is 2.15 bits per heavy atom. The Morgan fingerprint density at radius 1 is 1.46 bits per heavy atom. The first-order valence-corrected chi connectivity index (χ1v) is 4.88. The van der Waals surface area contributed by atoms with Crippen molar-refractivity contribution in [1.82, 2.24) is 4.90 Å². The summed E-state index contributed by atoms with van der Waals surface area (Å²) in [6, 6.07) is 0. The molecule has 2 rings (SSSR count). The van der Waals surface area contributed by atoms with E-state index in [0.717, 1.165) is 19.4 Å². The molecule has 1 amide bonds. The quantitative estimate of drug-likeness (QED) is 0.519. The molecule has 0 aromatic heterocycles. The minimum absolute atomic E-state index is 0.0579. The van der Waals surface area contributed by atoms with Crippen LogP contribution in [0.4, 0.5) is 0 Å². The molecule has 3 heteroatoms. The maximum atomic E-state index is 11.9. The summed E-state index contributed by atoms with van der Waals surface area (Å²) in [4.78, 5) is 25.3. The molecule has 1 saturated heterocycles. The zero-order chi connectivity index (χ0) is 9.64. The molecule has 72 valence electrons. The SMILES string of the molecule is C[C@H]1CN(C)C(=O)[C@]12CCCC2=O. The van der Waals surface area contributed by atoms with Crippen molar-refractivity contribution < 1.29 is 9.59 Å². The summed E-state index contributed by atoms with van der Waals surface area (Å²) < 4.78 is 0. The summed E-state index contributed by atoms with van der Waals surface area (Å²) in [5, 5.41) is 0. The summed E-state index contributed by atoms with van der Waals surface area (Å²) in [6.07, 6.45) is 2.27. The molecule has 3 nitrogen and oxygen atoms in total. The molecule has 0 unspecified atom stereocenters. The third-order valence-electron chi connectivity index (χ3n) is 3.59. The Morgan fingerprint density at radius 3 is 2.54 bits per heavy atom. The number of hydrogen-bond donors (Lipinski definition) is 0. The second kappa shape index (κ2) is 2.56. The molecule has 1 aliphatic carbocycles. The van der Waals surface area contributed by atoms with E-state index in [2.05, 4.69) is 0 Å². The summed E-state index contributed by atoms with van der Waals surface area (Å²) in [5.74, 6) is 0.442. The van der Waals surface area contributed by atoms with Gasteiger partial charge in [0.25, 0.3) is 0 Å². The number of Topliss-reactive ketones (excluding diaryl/α,β-unsaturated/α-hetero) is 1. The maximum absolute atomic E-state index is 11.9. The van der Waals surface area contributed by atoms with Crippen LogP contribution in [-0.4, -0.2) is 30.2 Å². The number of likely N-dealkylation sites (tertiary alicyclic amines) is 1. The molecule has 0 bridgehead atoms. The molecule has 0 aromatic carbocycles. The number of hydrogen-bond acceptors (Lipinski definition) is 2. The largest absolute Gasteiger partial charge is 0.345 e. The van der Waals surface area contributed by atoms with E-state index in [4.69, 9.17) is 0 Å². The van der Waals surface area contributed by atoms with Crippen molar-refractivity contribution in [3.8, 4) is 0 Å². The van der Waals surface area contributed by atoms with Crippen LogP contribution < -0.4 is 0 Å². The second-order valence-corrected chi connectivity index (χ2v) is 4.33. The Labute approximate surface area is 78.1 Å². The zero-order valence-corrected chi connectivity index (χ0v) is 8.17. The Kier molecular flexibility index (Phi) is 1.72. The lowest BCUT2D eigenvalue weighted by Gasteiger charge is -2.22. The number of rotatable bonds is 0. The average Bonchev–Trinajstić information content (AvgIpc) is 2.54. The molecule has 0 N–H and O–H groups in total. The minimum Gasteiger partial charge on any atom is -0.345 e. The van der Waals surface area contributed by atoms with Gasteiger partial charge in [-0.1, -0.05) is 6.92 Å². The molecule has 0 aromatic rings. The predicted octanol–water partition coefficient (Wildman–Crippen LogP) is 0.834. The van der Waals surface area contributed by atoms with Gasteiger partial charge >= 0.3 is 0 Å². The van der Waals surface area contributed by atoms with Gasteiger partial charge in [0, 0.05) is 20.0 Å². The molecule has 1 saturated carbocycles. The van der Waals surface area contributed by atoms with Crippen molar-refractivity contribution in [2.75, 3.05) is 13.6 Å². The highest BCUT2D eigenvalue weighted by Gasteiger charge is 2.57. The minimum atomic E-state index is -0.616. The topological polar surface area (TPSA) is 37.4 Å². The number of ketones is 1. The lowest BCUT2D eigenvalue weighted by atomic mass is 9.76. The van der Waals surface area contributed by atoms with Crippen LogP contribution in [0.5, 0.6) is 0 Å². The highest BCUT2D eigenvalue weighted by atomic mass is 16.2. The van der Waals surface area contributed by atoms with Gasteiger partial charge < -0.3 is 4.90 Å². The van der Waals surface area contributed by atoms with E-state index in [0.29, 0.717) is 6.42 Å². The third-order valence-corrected chi connectivity index (χ3v) is 3.59. The fourth-order valence-corrected chi connectivity index (χ4v) is 2.84. The van der Waals surface area contributed by atoms with Gasteiger partial charge in [-0.2, -0.15) is 0 Å². The molecule has 1 aliphatic heterocycles. The second-order valence-electron chi connectivity index (χ2n) is 4.33. The van der Waals surface area contributed by atoms with E-state index >= 15 is 0 Å². The first-order chi connectivity index (χ1) is 6.09. The van der Waals surface area contributed by atoms with Crippen LogP contribution in [0.1, 0.15) is 26.2 Å². The normalized spacial score (nSPS) is 39.5. The van der Waals surface area contributed by atoms with Gasteiger partial charge in [0.05, 0.1) is 0 Å². The Bertz CT molecular complexity index is 274. The van der Waals surface area contributed by atoms with E-state index < -0.39 is 5.41 Å². The van der Waals surface area contributed by atoms with E-state index in [9.17, 15) is 9.59 Å². The van der Waals surface area contributed by atoms with Crippen LogP contribution in [0, 0.1) is 11.3 Å². The highest BCUT2D eigenvalue weighted by Crippen LogP contribution is 2.46. The molecule has 2 atom stereocenters. The molecule has 0 radical (unpaired) electrons. The lowest BCUT2D eigenvalue weighted by Crippen LogP contribution is -2.38. The van der Waals surface area contributed by atoms with Crippen molar-refractivity contribution >= 4 is 11.7 Å². The molecule has 1 heterocycles. The van der Waals surface area contributed by atoms with Crippen molar-refractivity contribution in [2.45, 2.75) is 26.2 Å². The van der Waals surface area contributed by atoms with Gasteiger partial charge in [-0.3, -0.25) is 9.59 Å². The fourth-order valence-electron chi connectivity index (χ4n) is 2.84. The van der Waals surface area contributed by atoms with Gasteiger partial charge in [-0.05, 0) is 18.8 Å². The van der Waals surface area contributed by atoms with E-state index in [1.54, 1.807) is 11.9 Å². The molecule has 1 spiro atoms. The van der Waals surface area contributed by atoms with Crippen molar-refractivity contribution in [1.29, 1.82) is 0 Å². The van der Waals surface area contributed by atoms with Gasteiger partial charge in [-0.25, -0.2) is 0 Å². The van der Waals surface area contributed by atoms with Gasteiger partial charge in [0.2, 0.25) is 5.91 Å². The summed E-state index contributed by atoms with van der Waals surface area (Å²) in [5.41, 5.74) is -0.616. The van der Waals surface area contributed by atoms with E-state index in [1.165, 1.54) is 0 Å². The zero-order valence-electron chi connectivity index (χ0n) is 8.17. The number of nitrogens with zero attached hydrogens (tertiary/aromatic N) is 1. The van der Waals surface area contributed by atoms with Crippen molar-refractivity contribution in [3.63, 3.8) is 0 Å². The van der Waals surface area contributed by atoms with Crippen LogP contribution in [-0.2, 0) is 9.59 Å². The molecule has 2 fully saturated rings. The summed E-state index contributed by atoms with van der Waals surface area (Å²) in [6.45, 7) is 2.76. The number of amides is 1. The monoisotopic (exact) mass is 181 g/mol. The van der Waals surface area contributed by atoms with Gasteiger partial charge in [-0.15, -0.1) is 0 Å². The van der Waals surface area contributed by atoms with E-state index in [-0.39, 0.29) is 17.6 Å². The number of carbonyl (C=O) groups excluding carboxylic acids is 2.